The molecule has 39 heavy (non-hydrogen) atoms. The first-order valence-corrected chi connectivity index (χ1v) is 14.5. The van der Waals surface area contributed by atoms with Crippen LogP contribution >= 0.6 is 22.9 Å². The maximum absolute atomic E-state index is 13.4. The second-order valence-corrected chi connectivity index (χ2v) is 11.7. The van der Waals surface area contributed by atoms with Gasteiger partial charge in [0, 0.05) is 36.5 Å². The number of rotatable bonds is 11. The Kier molecular flexibility index (Phi) is 7.77. The van der Waals surface area contributed by atoms with E-state index in [0.29, 0.717) is 34.3 Å². The average Bonchev–Trinajstić information content (AvgIpc) is 3.24. The van der Waals surface area contributed by atoms with E-state index in [-0.39, 0.29) is 18.8 Å². The van der Waals surface area contributed by atoms with Crippen molar-refractivity contribution >= 4 is 34.0 Å². The molecule has 3 aromatic rings. The second kappa shape index (κ2) is 11.4. The minimum Gasteiger partial charge on any atom is -0.454 e. The molecule has 206 valence electrons. The molecule has 2 aromatic carbocycles. The number of benzene rings is 2. The molecule has 0 radical (unpaired) electrons. The molecule has 1 saturated heterocycles. The van der Waals surface area contributed by atoms with Gasteiger partial charge in [-0.1, -0.05) is 47.2 Å². The maximum atomic E-state index is 13.4. The Morgan fingerprint density at radius 3 is 2.92 bits per heavy atom. The summed E-state index contributed by atoms with van der Waals surface area (Å²) in [4.78, 5) is 21.3. The Morgan fingerprint density at radius 2 is 2.10 bits per heavy atom. The van der Waals surface area contributed by atoms with E-state index in [0.717, 1.165) is 55.0 Å². The van der Waals surface area contributed by atoms with Crippen molar-refractivity contribution < 1.29 is 23.7 Å². The summed E-state index contributed by atoms with van der Waals surface area (Å²) < 4.78 is 22.8. The monoisotopic (exact) mass is 569 g/mol. The molecule has 1 N–H and O–H groups in total. The Bertz CT molecular complexity index is 1330. The molecular weight excluding hydrogens is 538 g/mol. The summed E-state index contributed by atoms with van der Waals surface area (Å²) in [5, 5.41) is 4.24. The Labute approximate surface area is 237 Å². The fourth-order valence-corrected chi connectivity index (χ4v) is 6.63. The average molecular weight is 570 g/mol. The Morgan fingerprint density at radius 1 is 1.26 bits per heavy atom. The van der Waals surface area contributed by atoms with Gasteiger partial charge >= 0.3 is 0 Å². The quantitative estimate of drug-likeness (QED) is 0.330. The lowest BCUT2D eigenvalue weighted by molar-refractivity contribution is -0.118. The molecule has 0 bridgehead atoms. The number of fused-ring (bicyclic) bond motifs is 1. The van der Waals surface area contributed by atoms with Crippen LogP contribution in [0.4, 0.5) is 5.13 Å². The van der Waals surface area contributed by atoms with Crippen molar-refractivity contribution in [1.29, 1.82) is 0 Å². The largest absolute Gasteiger partial charge is 0.454 e. The molecular formula is C29H32ClN3O5S. The highest BCUT2D eigenvalue weighted by molar-refractivity contribution is 7.15. The highest BCUT2D eigenvalue weighted by Gasteiger charge is 2.52. The fourth-order valence-electron chi connectivity index (χ4n) is 5.52. The van der Waals surface area contributed by atoms with Gasteiger partial charge in [-0.2, -0.15) is 0 Å². The maximum Gasteiger partial charge on any atom is 0.236 e. The lowest BCUT2D eigenvalue weighted by Crippen LogP contribution is -2.35. The summed E-state index contributed by atoms with van der Waals surface area (Å²) >= 11 is 8.01. The van der Waals surface area contributed by atoms with Crippen LogP contribution < -0.4 is 14.8 Å². The number of likely N-dealkylation sites (tertiary alicyclic amines) is 1. The molecule has 1 saturated carbocycles. The number of nitrogens with zero attached hydrogens (tertiary/aromatic N) is 2. The standard InChI is InChI=1S/C29H32ClN3O5S/c1-35-17-20-5-4-12-33(20)13-14-36-26(21-6-2-3-7-22(21)30)25-16-31-28(39-25)32-27(34)29(10-11-29)19-8-9-23-24(15-19)38-18-37-23/h2-3,6-9,15-16,20,26H,4-5,10-14,17-18H2,1H3,(H,31,32,34)/t20-,26?/m0/s1. The number of ether oxygens (including phenoxy) is 4. The zero-order valence-electron chi connectivity index (χ0n) is 21.9. The van der Waals surface area contributed by atoms with Crippen LogP contribution in [-0.2, 0) is 19.7 Å². The highest BCUT2D eigenvalue weighted by atomic mass is 35.5. The first kappa shape index (κ1) is 26.5. The lowest BCUT2D eigenvalue weighted by Gasteiger charge is -2.25. The van der Waals surface area contributed by atoms with Crippen molar-refractivity contribution in [2.24, 2.45) is 0 Å². The number of hydrogen-bond donors (Lipinski definition) is 1. The van der Waals surface area contributed by atoms with Crippen LogP contribution in [0.15, 0.2) is 48.7 Å². The van der Waals surface area contributed by atoms with E-state index in [9.17, 15) is 4.79 Å². The topological polar surface area (TPSA) is 82.2 Å². The lowest BCUT2D eigenvalue weighted by atomic mass is 9.94. The van der Waals surface area contributed by atoms with E-state index in [4.69, 9.17) is 30.5 Å². The van der Waals surface area contributed by atoms with Gasteiger partial charge < -0.3 is 24.3 Å². The number of thiazole rings is 1. The Hall–Kier alpha value is -2.69. The molecule has 1 aliphatic carbocycles. The number of halogens is 1. The van der Waals surface area contributed by atoms with Crippen molar-refractivity contribution in [3.05, 3.63) is 69.7 Å². The van der Waals surface area contributed by atoms with Crippen LogP contribution in [0.3, 0.4) is 0 Å². The third-order valence-electron chi connectivity index (χ3n) is 7.82. The van der Waals surface area contributed by atoms with Crippen LogP contribution in [0.2, 0.25) is 5.02 Å². The number of amides is 1. The van der Waals surface area contributed by atoms with Crippen LogP contribution in [0.5, 0.6) is 11.5 Å². The van der Waals surface area contributed by atoms with Gasteiger partial charge in [0.1, 0.15) is 6.10 Å². The molecule has 1 aromatic heterocycles. The molecule has 0 spiro atoms. The van der Waals surface area contributed by atoms with Gasteiger partial charge in [0.2, 0.25) is 12.7 Å². The number of aromatic nitrogens is 1. The van der Waals surface area contributed by atoms with Crippen molar-refractivity contribution in [3.8, 4) is 11.5 Å². The third kappa shape index (κ3) is 5.51. The molecule has 1 amide bonds. The van der Waals surface area contributed by atoms with Gasteiger partial charge in [-0.15, -0.1) is 0 Å². The normalized spacial score (nSPS) is 20.2. The first-order valence-electron chi connectivity index (χ1n) is 13.3. The summed E-state index contributed by atoms with van der Waals surface area (Å²) in [7, 11) is 1.75. The van der Waals surface area contributed by atoms with E-state index in [1.807, 2.05) is 42.5 Å². The minimum absolute atomic E-state index is 0.0595. The predicted molar refractivity (Wildman–Crippen MR) is 150 cm³/mol. The second-order valence-electron chi connectivity index (χ2n) is 10.2. The SMILES string of the molecule is COC[C@@H]1CCCN1CCOC(c1cnc(NC(=O)C2(c3ccc4c(c3)OCO4)CC2)s1)c1ccccc1Cl. The first-order chi connectivity index (χ1) is 19.1. The predicted octanol–water partition coefficient (Wildman–Crippen LogP) is 5.41. The van der Waals surface area contributed by atoms with Gasteiger partial charge in [-0.05, 0) is 56.0 Å². The van der Waals surface area contributed by atoms with Crippen LogP contribution in [0.1, 0.15) is 47.8 Å². The number of anilines is 1. The van der Waals surface area contributed by atoms with Crippen LogP contribution in [0.25, 0.3) is 0 Å². The van der Waals surface area contributed by atoms with Crippen LogP contribution in [-0.4, -0.2) is 62.0 Å². The van der Waals surface area contributed by atoms with Gasteiger partial charge in [0.05, 0.1) is 23.5 Å². The smallest absolute Gasteiger partial charge is 0.236 e. The highest BCUT2D eigenvalue weighted by Crippen LogP contribution is 2.51. The molecule has 2 aliphatic heterocycles. The molecule has 2 atom stereocenters. The van der Waals surface area contributed by atoms with Gasteiger partial charge in [-0.3, -0.25) is 9.69 Å². The molecule has 6 rings (SSSR count). The van der Waals surface area contributed by atoms with Gasteiger partial charge in [-0.25, -0.2) is 4.98 Å². The summed E-state index contributed by atoms with van der Waals surface area (Å²) in [6.07, 6.45) is 5.28. The molecule has 2 fully saturated rings. The molecule has 8 nitrogen and oxygen atoms in total. The fraction of sp³-hybridized carbons (Fsp3) is 0.448. The number of hydrogen-bond acceptors (Lipinski definition) is 8. The van der Waals surface area contributed by atoms with Gasteiger partial charge in [0.25, 0.3) is 0 Å². The summed E-state index contributed by atoms with van der Waals surface area (Å²) in [5.41, 5.74) is 1.25. The molecule has 3 heterocycles. The number of carbonyl (C=O) groups excluding carboxylic acids is 1. The van der Waals surface area contributed by atoms with E-state index in [1.165, 1.54) is 17.8 Å². The number of nitrogens with one attached hydrogen (secondary N) is 1. The number of methoxy groups -OCH3 is 1. The van der Waals surface area contributed by atoms with Crippen molar-refractivity contribution in [3.63, 3.8) is 0 Å². The summed E-state index contributed by atoms with van der Waals surface area (Å²) in [6.45, 7) is 3.36. The zero-order valence-corrected chi connectivity index (χ0v) is 23.4. The van der Waals surface area contributed by atoms with E-state index in [1.54, 1.807) is 13.3 Å². The molecule has 10 heteroatoms. The third-order valence-corrected chi connectivity index (χ3v) is 9.12. The van der Waals surface area contributed by atoms with Crippen LogP contribution in [0, 0.1) is 0 Å². The van der Waals surface area contributed by atoms with Crippen molar-refractivity contribution in [1.82, 2.24) is 9.88 Å². The Balaban J connectivity index is 1.16. The molecule has 3 aliphatic rings. The number of carbonyl (C=O) groups is 1. The van der Waals surface area contributed by atoms with E-state index >= 15 is 0 Å². The van der Waals surface area contributed by atoms with Gasteiger partial charge in [0.15, 0.2) is 16.6 Å². The summed E-state index contributed by atoms with van der Waals surface area (Å²) in [5.74, 6) is 1.34. The van der Waals surface area contributed by atoms with Crippen molar-refractivity contribution in [2.45, 2.75) is 43.2 Å². The zero-order chi connectivity index (χ0) is 26.8. The summed E-state index contributed by atoms with van der Waals surface area (Å²) in [6, 6.07) is 13.9. The van der Waals surface area contributed by atoms with Crippen molar-refractivity contribution in [2.75, 3.05) is 45.5 Å². The minimum atomic E-state index is -0.570. The van der Waals surface area contributed by atoms with E-state index in [2.05, 4.69) is 15.2 Å². The molecule has 1 unspecified atom stereocenters. The van der Waals surface area contributed by atoms with E-state index < -0.39 is 5.41 Å².